The number of nitrogens with one attached hydrogen (secondary N) is 1. The lowest BCUT2D eigenvalue weighted by Crippen LogP contribution is -2.46. The van der Waals surface area contributed by atoms with Crippen molar-refractivity contribution in [2.24, 2.45) is 0 Å². The van der Waals surface area contributed by atoms with Crippen molar-refractivity contribution in [1.82, 2.24) is 15.2 Å². The molecular formula is C39H44Cl2N4O3. The Hall–Kier alpha value is -4.30. The molecule has 6 rings (SSSR count). The van der Waals surface area contributed by atoms with Gasteiger partial charge in [-0.15, -0.1) is 24.8 Å². The summed E-state index contributed by atoms with van der Waals surface area (Å²) in [4.78, 5) is 24.1. The van der Waals surface area contributed by atoms with E-state index in [0.717, 1.165) is 79.0 Å². The number of amides is 1. The highest BCUT2D eigenvalue weighted by molar-refractivity contribution is 6.10. The van der Waals surface area contributed by atoms with Crippen molar-refractivity contribution >= 4 is 47.3 Å². The first-order valence-corrected chi connectivity index (χ1v) is 16.2. The van der Waals surface area contributed by atoms with Crippen LogP contribution in [0.1, 0.15) is 41.7 Å². The van der Waals surface area contributed by atoms with E-state index in [2.05, 4.69) is 46.3 Å². The van der Waals surface area contributed by atoms with Gasteiger partial charge in [-0.3, -0.25) is 9.69 Å². The second kappa shape index (κ2) is 17.7. The number of piperazine rings is 1. The molecule has 0 spiro atoms. The first-order valence-electron chi connectivity index (χ1n) is 16.2. The van der Waals surface area contributed by atoms with E-state index in [1.54, 1.807) is 7.11 Å². The molecule has 0 radical (unpaired) electrons. The number of fused-ring (bicyclic) bond motifs is 1. The second-order valence-corrected chi connectivity index (χ2v) is 11.6. The summed E-state index contributed by atoms with van der Waals surface area (Å²) in [6.07, 6.45) is 1.60. The van der Waals surface area contributed by atoms with Gasteiger partial charge in [-0.1, -0.05) is 97.9 Å². The Morgan fingerprint density at radius 3 is 2.19 bits per heavy atom. The summed E-state index contributed by atoms with van der Waals surface area (Å²) in [5.41, 5.74) is 5.12. The van der Waals surface area contributed by atoms with Crippen LogP contribution in [0, 0.1) is 0 Å². The SMILES string of the molecule is CC[C@H](NC(=O)c1c(OCCCN2CCN(c3ccccc3OC)CC2)c(-c2ccccc2)nc2ccccc12)c1ccccc1.Cl.Cl. The van der Waals surface area contributed by atoms with Gasteiger partial charge in [-0.05, 0) is 36.6 Å². The third-order valence-electron chi connectivity index (χ3n) is 8.70. The molecule has 9 heteroatoms. The van der Waals surface area contributed by atoms with Crippen molar-refractivity contribution in [3.8, 4) is 22.8 Å². The van der Waals surface area contributed by atoms with E-state index in [0.29, 0.717) is 23.6 Å². The quantitative estimate of drug-likeness (QED) is 0.133. The summed E-state index contributed by atoms with van der Waals surface area (Å²) >= 11 is 0. The van der Waals surface area contributed by atoms with Gasteiger partial charge < -0.3 is 19.7 Å². The molecule has 1 amide bonds. The number of halogens is 2. The molecule has 1 saturated heterocycles. The van der Waals surface area contributed by atoms with E-state index in [4.69, 9.17) is 14.5 Å². The van der Waals surface area contributed by atoms with Gasteiger partial charge in [-0.25, -0.2) is 4.98 Å². The van der Waals surface area contributed by atoms with Gasteiger partial charge in [0.2, 0.25) is 0 Å². The molecule has 5 aromatic rings. The van der Waals surface area contributed by atoms with E-state index in [9.17, 15) is 4.79 Å². The van der Waals surface area contributed by atoms with Crippen molar-refractivity contribution in [1.29, 1.82) is 0 Å². The van der Waals surface area contributed by atoms with Gasteiger partial charge in [0, 0.05) is 43.7 Å². The minimum absolute atomic E-state index is 0. The number of carbonyl (C=O) groups excluding carboxylic acids is 1. The number of methoxy groups -OCH3 is 1. The molecule has 1 aromatic heterocycles. The van der Waals surface area contributed by atoms with Crippen LogP contribution >= 0.6 is 24.8 Å². The molecule has 1 aliphatic heterocycles. The number of pyridine rings is 1. The predicted molar refractivity (Wildman–Crippen MR) is 200 cm³/mol. The minimum atomic E-state index is -0.158. The third kappa shape index (κ3) is 8.40. The van der Waals surface area contributed by atoms with Crippen molar-refractivity contribution < 1.29 is 14.3 Å². The third-order valence-corrected chi connectivity index (χ3v) is 8.70. The molecule has 2 heterocycles. The summed E-state index contributed by atoms with van der Waals surface area (Å²) in [6.45, 7) is 7.30. The maximum Gasteiger partial charge on any atom is 0.256 e. The highest BCUT2D eigenvalue weighted by Crippen LogP contribution is 2.37. The largest absolute Gasteiger partial charge is 0.495 e. The summed E-state index contributed by atoms with van der Waals surface area (Å²) in [7, 11) is 1.73. The molecule has 1 N–H and O–H groups in total. The Labute approximate surface area is 296 Å². The molecule has 1 fully saturated rings. The van der Waals surface area contributed by atoms with Crippen LogP contribution in [0.2, 0.25) is 0 Å². The fraction of sp³-hybridized carbons (Fsp3) is 0.282. The van der Waals surface area contributed by atoms with Gasteiger partial charge in [-0.2, -0.15) is 0 Å². The zero-order valence-corrected chi connectivity index (χ0v) is 29.1. The van der Waals surface area contributed by atoms with E-state index in [1.807, 2.05) is 84.9 Å². The summed E-state index contributed by atoms with van der Waals surface area (Å²) in [6, 6.07) is 36.0. The molecule has 0 unspecified atom stereocenters. The Morgan fingerprint density at radius 1 is 0.833 bits per heavy atom. The highest BCUT2D eigenvalue weighted by atomic mass is 35.5. The van der Waals surface area contributed by atoms with E-state index in [-0.39, 0.29) is 36.8 Å². The van der Waals surface area contributed by atoms with Crippen LogP contribution in [0.25, 0.3) is 22.2 Å². The smallest absolute Gasteiger partial charge is 0.256 e. The number of hydrogen-bond acceptors (Lipinski definition) is 6. The van der Waals surface area contributed by atoms with Crippen LogP contribution in [-0.4, -0.2) is 62.2 Å². The highest BCUT2D eigenvalue weighted by Gasteiger charge is 2.25. The fourth-order valence-corrected chi connectivity index (χ4v) is 6.25. The minimum Gasteiger partial charge on any atom is -0.495 e. The molecule has 7 nitrogen and oxygen atoms in total. The van der Waals surface area contributed by atoms with E-state index >= 15 is 0 Å². The van der Waals surface area contributed by atoms with Crippen LogP contribution in [0.4, 0.5) is 5.69 Å². The standard InChI is InChI=1S/C39H42N4O3.2ClH/c1-3-32(29-15-6-4-7-16-29)41-39(44)36-31-19-10-11-20-33(31)40-37(30-17-8-5-9-18-30)38(36)46-28-14-23-42-24-26-43(27-25-42)34-21-12-13-22-35(34)45-2;;/h4-13,15-22,32H,3,14,23-28H2,1-2H3,(H,41,44);2*1H/t32-;;/m0../s1. The molecule has 1 aliphatic rings. The Balaban J connectivity index is 0.00000260. The Kier molecular flexibility index (Phi) is 13.5. The van der Waals surface area contributed by atoms with Crippen molar-refractivity contribution in [3.63, 3.8) is 0 Å². The number of nitrogens with zero attached hydrogens (tertiary/aromatic N) is 3. The van der Waals surface area contributed by atoms with Crippen LogP contribution in [0.15, 0.2) is 109 Å². The van der Waals surface area contributed by atoms with Gasteiger partial charge in [0.1, 0.15) is 11.4 Å². The number of benzene rings is 4. The van der Waals surface area contributed by atoms with Crippen LogP contribution in [0.3, 0.4) is 0 Å². The average molecular weight is 688 g/mol. The number of para-hydroxylation sites is 3. The van der Waals surface area contributed by atoms with E-state index in [1.165, 1.54) is 0 Å². The average Bonchev–Trinajstić information content (AvgIpc) is 3.12. The normalized spacial score (nSPS) is 13.6. The first-order chi connectivity index (χ1) is 22.7. The van der Waals surface area contributed by atoms with Crippen molar-refractivity contribution in [3.05, 3.63) is 120 Å². The number of aromatic nitrogens is 1. The first kappa shape index (κ1) is 36.5. The maximum absolute atomic E-state index is 14.2. The topological polar surface area (TPSA) is 66.9 Å². The summed E-state index contributed by atoms with van der Waals surface area (Å²) in [5.74, 6) is 1.29. The predicted octanol–water partition coefficient (Wildman–Crippen LogP) is 8.23. The number of ether oxygens (including phenoxy) is 2. The van der Waals surface area contributed by atoms with Gasteiger partial charge >= 0.3 is 0 Å². The molecule has 0 saturated carbocycles. The zero-order chi connectivity index (χ0) is 31.7. The number of rotatable bonds is 12. The molecule has 0 aliphatic carbocycles. The number of hydrogen-bond donors (Lipinski definition) is 1. The molecule has 48 heavy (non-hydrogen) atoms. The lowest BCUT2D eigenvalue weighted by atomic mass is 10.00. The lowest BCUT2D eigenvalue weighted by molar-refractivity contribution is 0.0933. The lowest BCUT2D eigenvalue weighted by Gasteiger charge is -2.36. The molecule has 252 valence electrons. The number of anilines is 1. The molecule has 1 atom stereocenters. The molecule has 4 aromatic carbocycles. The Bertz CT molecular complexity index is 1750. The monoisotopic (exact) mass is 686 g/mol. The number of carbonyl (C=O) groups is 1. The van der Waals surface area contributed by atoms with Gasteiger partial charge in [0.25, 0.3) is 5.91 Å². The van der Waals surface area contributed by atoms with Crippen molar-refractivity contribution in [2.75, 3.05) is 51.3 Å². The van der Waals surface area contributed by atoms with Crippen molar-refractivity contribution in [2.45, 2.75) is 25.8 Å². The van der Waals surface area contributed by atoms with Crippen LogP contribution in [-0.2, 0) is 0 Å². The fourth-order valence-electron chi connectivity index (χ4n) is 6.25. The summed E-state index contributed by atoms with van der Waals surface area (Å²) in [5, 5.41) is 4.09. The van der Waals surface area contributed by atoms with E-state index < -0.39 is 0 Å². The van der Waals surface area contributed by atoms with Gasteiger partial charge in [0.05, 0.1) is 36.5 Å². The summed E-state index contributed by atoms with van der Waals surface area (Å²) < 4.78 is 12.2. The molecule has 0 bridgehead atoms. The Morgan fingerprint density at radius 2 is 1.48 bits per heavy atom. The second-order valence-electron chi connectivity index (χ2n) is 11.6. The maximum atomic E-state index is 14.2. The van der Waals surface area contributed by atoms with Crippen LogP contribution < -0.4 is 19.7 Å². The molecular weight excluding hydrogens is 643 g/mol. The van der Waals surface area contributed by atoms with Crippen LogP contribution in [0.5, 0.6) is 11.5 Å². The zero-order valence-electron chi connectivity index (χ0n) is 27.5. The van der Waals surface area contributed by atoms with Gasteiger partial charge in [0.15, 0.2) is 5.75 Å².